The molecule has 0 saturated carbocycles. The fourth-order valence-corrected chi connectivity index (χ4v) is 13.8. The maximum atomic E-state index is 5.61. The summed E-state index contributed by atoms with van der Waals surface area (Å²) in [6, 6.07) is 111. The summed E-state index contributed by atoms with van der Waals surface area (Å²) in [7, 11) is 0. The minimum Gasteiger partial charge on any atom is -0.309 e. The van der Waals surface area contributed by atoms with Crippen molar-refractivity contribution in [3.05, 3.63) is 309 Å². The van der Waals surface area contributed by atoms with E-state index < -0.39 is 0 Å². The fourth-order valence-electron chi connectivity index (χ4n) is 13.8. The lowest BCUT2D eigenvalue weighted by molar-refractivity contribution is 0.893. The summed E-state index contributed by atoms with van der Waals surface area (Å²) in [5, 5.41) is 9.33. The Kier molecular flexibility index (Phi) is 11.2. The molecule has 0 fully saturated rings. The molecule has 13 aromatic carbocycles. The first-order valence-electron chi connectivity index (χ1n) is 29.9. The first kappa shape index (κ1) is 49.5. The average Bonchev–Trinajstić information content (AvgIpc) is 2.11. The van der Waals surface area contributed by atoms with Gasteiger partial charge in [0.1, 0.15) is 0 Å². The minimum absolute atomic E-state index is 0.523. The van der Waals surface area contributed by atoms with Gasteiger partial charge < -0.3 is 9.13 Å². The Labute approximate surface area is 506 Å². The van der Waals surface area contributed by atoms with Gasteiger partial charge in [-0.25, -0.2) is 0 Å². The number of rotatable bonds is 9. The van der Waals surface area contributed by atoms with E-state index in [0.717, 1.165) is 105 Å². The van der Waals surface area contributed by atoms with Gasteiger partial charge >= 0.3 is 0 Å². The van der Waals surface area contributed by atoms with Crippen LogP contribution in [0.15, 0.2) is 309 Å². The molecule has 7 nitrogen and oxygen atoms in total. The molecule has 5 aromatic heterocycles. The van der Waals surface area contributed by atoms with Crippen molar-refractivity contribution in [2.24, 2.45) is 0 Å². The SMILES string of the molecule is c1ccc(-c2ccc(-c3cccc(-c4nc(-n5c6ccccc6c6cc(-c7ccc8c9ccccc9n(-c9ccccc9)c8c7)ccc65)nc(-n5c6ccccc6c6cc(-c7ccc8c9ccccc9n(-c9ccccc9)c8c7)ccc65)n4)c3)cc2)cc1. The Hall–Kier alpha value is -11.9. The van der Waals surface area contributed by atoms with Gasteiger partial charge in [0, 0.05) is 60.0 Å². The second kappa shape index (κ2) is 19.8. The molecule has 0 radical (unpaired) electrons. The standard InChI is InChI=1S/C81H51N7/c1-4-19-52(20-5-1)53-35-37-54(38-36-53)55-21-18-22-60(47-55)79-82-80(87-73-33-16-12-29-65(73)69-48-56(41-45-75(69)87)58-39-43-67-63-27-10-14-31-71(63)85(77(67)50-58)61-23-6-2-7-24-61)84-81(83-79)88-74-34-17-13-30-66(74)70-49-57(42-46-76(70)88)59-40-44-68-64-28-11-15-32-72(64)86(78(68)51-59)62-25-8-3-9-26-62/h1-51H. The molecule has 0 amide bonds. The number of hydrogen-bond donors (Lipinski definition) is 0. The van der Waals surface area contributed by atoms with Crippen molar-refractivity contribution < 1.29 is 0 Å². The number of aromatic nitrogens is 7. The van der Waals surface area contributed by atoms with Crippen molar-refractivity contribution in [3.63, 3.8) is 0 Å². The highest BCUT2D eigenvalue weighted by atomic mass is 15.3. The quantitative estimate of drug-likeness (QED) is 0.145. The fraction of sp³-hybridized carbons (Fsp3) is 0. The van der Waals surface area contributed by atoms with E-state index in [-0.39, 0.29) is 0 Å². The lowest BCUT2D eigenvalue weighted by Gasteiger charge is -2.13. The van der Waals surface area contributed by atoms with E-state index in [1.165, 1.54) is 43.7 Å². The molecule has 0 bridgehead atoms. The number of nitrogens with zero attached hydrogens (tertiary/aromatic N) is 7. The van der Waals surface area contributed by atoms with Gasteiger partial charge in [0.15, 0.2) is 5.82 Å². The highest BCUT2D eigenvalue weighted by Gasteiger charge is 2.23. The van der Waals surface area contributed by atoms with Crippen LogP contribution in [-0.2, 0) is 0 Å². The van der Waals surface area contributed by atoms with Crippen molar-refractivity contribution in [3.8, 4) is 79.2 Å². The van der Waals surface area contributed by atoms with Crippen LogP contribution in [0, 0.1) is 0 Å². The second-order valence-corrected chi connectivity index (χ2v) is 22.8. The van der Waals surface area contributed by atoms with Gasteiger partial charge in [-0.15, -0.1) is 0 Å². The summed E-state index contributed by atoms with van der Waals surface area (Å²) in [5.41, 5.74) is 20.9. The Bertz CT molecular complexity index is 5500. The van der Waals surface area contributed by atoms with Crippen LogP contribution < -0.4 is 0 Å². The highest BCUT2D eigenvalue weighted by molar-refractivity contribution is 6.14. The molecule has 0 atom stereocenters. The monoisotopic (exact) mass is 1120 g/mol. The van der Waals surface area contributed by atoms with Crippen LogP contribution in [0.1, 0.15) is 0 Å². The molecule has 0 spiro atoms. The molecule has 18 aromatic rings. The molecule has 0 aliphatic rings. The van der Waals surface area contributed by atoms with E-state index in [1.807, 2.05) is 0 Å². The smallest absolute Gasteiger partial charge is 0.240 e. The molecular formula is C81H51N7. The summed E-state index contributed by atoms with van der Waals surface area (Å²) in [5.74, 6) is 1.61. The Balaban J connectivity index is 0.819. The summed E-state index contributed by atoms with van der Waals surface area (Å²) < 4.78 is 9.22. The van der Waals surface area contributed by atoms with E-state index in [9.17, 15) is 0 Å². The van der Waals surface area contributed by atoms with Gasteiger partial charge in [0.2, 0.25) is 11.9 Å². The van der Waals surface area contributed by atoms with Crippen LogP contribution >= 0.6 is 0 Å². The molecule has 5 heterocycles. The molecule has 7 heteroatoms. The number of benzene rings is 13. The third-order valence-corrected chi connectivity index (χ3v) is 17.8. The average molecular weight is 1120 g/mol. The van der Waals surface area contributed by atoms with Gasteiger partial charge in [-0.3, -0.25) is 9.13 Å². The van der Waals surface area contributed by atoms with Crippen molar-refractivity contribution in [2.75, 3.05) is 0 Å². The summed E-state index contributed by atoms with van der Waals surface area (Å²) in [6.07, 6.45) is 0. The van der Waals surface area contributed by atoms with Gasteiger partial charge in [-0.1, -0.05) is 218 Å². The molecule has 88 heavy (non-hydrogen) atoms. The first-order valence-corrected chi connectivity index (χ1v) is 29.9. The first-order chi connectivity index (χ1) is 43.6. The maximum Gasteiger partial charge on any atom is 0.240 e. The number of hydrogen-bond acceptors (Lipinski definition) is 3. The minimum atomic E-state index is 0.523. The summed E-state index contributed by atoms with van der Waals surface area (Å²) in [4.78, 5) is 16.7. The van der Waals surface area contributed by atoms with E-state index in [4.69, 9.17) is 15.0 Å². The van der Waals surface area contributed by atoms with Crippen molar-refractivity contribution in [2.45, 2.75) is 0 Å². The predicted octanol–water partition coefficient (Wildman–Crippen LogP) is 20.6. The Morgan fingerprint density at radius 2 is 0.477 bits per heavy atom. The number of para-hydroxylation sites is 6. The molecule has 0 saturated heterocycles. The third-order valence-electron chi connectivity index (χ3n) is 17.8. The summed E-state index contributed by atoms with van der Waals surface area (Å²) in [6.45, 7) is 0. The maximum absolute atomic E-state index is 5.61. The van der Waals surface area contributed by atoms with Crippen LogP contribution in [0.2, 0.25) is 0 Å². The lowest BCUT2D eigenvalue weighted by atomic mass is 9.99. The van der Waals surface area contributed by atoms with Crippen LogP contribution in [0.25, 0.3) is 166 Å². The van der Waals surface area contributed by atoms with E-state index in [0.29, 0.717) is 17.7 Å². The van der Waals surface area contributed by atoms with Crippen LogP contribution in [-0.4, -0.2) is 33.2 Å². The van der Waals surface area contributed by atoms with Crippen molar-refractivity contribution >= 4 is 87.2 Å². The highest BCUT2D eigenvalue weighted by Crippen LogP contribution is 2.42. The molecule has 18 rings (SSSR count). The Morgan fingerprint density at radius 1 is 0.170 bits per heavy atom. The van der Waals surface area contributed by atoms with E-state index in [1.54, 1.807) is 0 Å². The van der Waals surface area contributed by atoms with E-state index in [2.05, 4.69) is 328 Å². The predicted molar refractivity (Wildman–Crippen MR) is 364 cm³/mol. The number of fused-ring (bicyclic) bond motifs is 12. The molecule has 0 unspecified atom stereocenters. The largest absolute Gasteiger partial charge is 0.309 e. The second-order valence-electron chi connectivity index (χ2n) is 22.8. The molecule has 410 valence electrons. The van der Waals surface area contributed by atoms with Crippen molar-refractivity contribution in [1.29, 1.82) is 0 Å². The van der Waals surface area contributed by atoms with Crippen molar-refractivity contribution in [1.82, 2.24) is 33.2 Å². The molecule has 0 aliphatic heterocycles. The zero-order valence-corrected chi connectivity index (χ0v) is 47.6. The van der Waals surface area contributed by atoms with Gasteiger partial charge in [0.05, 0.1) is 44.1 Å². The topological polar surface area (TPSA) is 58.4 Å². The molecule has 0 aliphatic carbocycles. The van der Waals surface area contributed by atoms with Gasteiger partial charge in [0.25, 0.3) is 0 Å². The summed E-state index contributed by atoms with van der Waals surface area (Å²) >= 11 is 0. The van der Waals surface area contributed by atoms with Crippen LogP contribution in [0.5, 0.6) is 0 Å². The van der Waals surface area contributed by atoms with Crippen LogP contribution in [0.3, 0.4) is 0 Å². The van der Waals surface area contributed by atoms with Gasteiger partial charge in [-0.2, -0.15) is 15.0 Å². The zero-order chi connectivity index (χ0) is 57.8. The zero-order valence-electron chi connectivity index (χ0n) is 47.6. The Morgan fingerprint density at radius 3 is 0.955 bits per heavy atom. The normalized spacial score (nSPS) is 11.9. The van der Waals surface area contributed by atoms with Crippen LogP contribution in [0.4, 0.5) is 0 Å². The molecular weight excluding hydrogens is 1070 g/mol. The molecule has 0 N–H and O–H groups in total. The van der Waals surface area contributed by atoms with Gasteiger partial charge in [-0.05, 0) is 136 Å². The third kappa shape index (κ3) is 7.88. The lowest BCUT2D eigenvalue weighted by Crippen LogP contribution is -2.10. The van der Waals surface area contributed by atoms with E-state index >= 15 is 0 Å².